The molecule has 1 saturated heterocycles. The maximum Gasteiger partial charge on any atom is 0.272 e. The topological polar surface area (TPSA) is 99.3 Å². The number of ketones is 1. The van der Waals surface area contributed by atoms with Gasteiger partial charge in [0.15, 0.2) is 5.78 Å². The van der Waals surface area contributed by atoms with Gasteiger partial charge in [-0.25, -0.2) is 8.42 Å². The molecule has 2 N–H and O–H groups in total. The molecule has 3 rings (SSSR count). The van der Waals surface area contributed by atoms with Gasteiger partial charge in [0.25, 0.3) is 5.91 Å². The van der Waals surface area contributed by atoms with E-state index in [9.17, 15) is 18.0 Å². The summed E-state index contributed by atoms with van der Waals surface area (Å²) in [7, 11) is -3.57. The summed E-state index contributed by atoms with van der Waals surface area (Å²) in [5.74, 6) is 0.178. The molecule has 1 aromatic heterocycles. The maximum absolute atomic E-state index is 13.0. The van der Waals surface area contributed by atoms with Crippen molar-refractivity contribution < 1.29 is 18.0 Å². The van der Waals surface area contributed by atoms with Crippen LogP contribution >= 0.6 is 0 Å². The Kier molecular flexibility index (Phi) is 6.19. The Morgan fingerprint density at radius 1 is 1.07 bits per heavy atom. The van der Waals surface area contributed by atoms with E-state index < -0.39 is 10.0 Å². The monoisotopic (exact) mass is 431 g/mol. The molecule has 162 valence electrons. The number of rotatable bonds is 5. The highest BCUT2D eigenvalue weighted by Crippen LogP contribution is 2.27. The van der Waals surface area contributed by atoms with Crippen LogP contribution in [0.3, 0.4) is 0 Å². The number of sulfonamides is 1. The molecule has 2 aromatic rings. The van der Waals surface area contributed by atoms with Crippen molar-refractivity contribution in [1.82, 2.24) is 9.29 Å². The number of carbonyl (C=O) groups excluding carboxylic acids is 2. The van der Waals surface area contributed by atoms with Crippen LogP contribution in [0.5, 0.6) is 0 Å². The van der Waals surface area contributed by atoms with E-state index in [1.165, 1.54) is 19.1 Å². The number of nitrogens with one attached hydrogen (secondary N) is 2. The van der Waals surface area contributed by atoms with Crippen LogP contribution in [0.1, 0.15) is 59.3 Å². The van der Waals surface area contributed by atoms with Crippen LogP contribution in [0.2, 0.25) is 0 Å². The van der Waals surface area contributed by atoms with Crippen LogP contribution in [0.4, 0.5) is 5.69 Å². The van der Waals surface area contributed by atoms with Gasteiger partial charge in [0.1, 0.15) is 5.69 Å². The molecule has 0 unspecified atom stereocenters. The molecule has 30 heavy (non-hydrogen) atoms. The number of hydrogen-bond donors (Lipinski definition) is 2. The summed E-state index contributed by atoms with van der Waals surface area (Å²) in [6.45, 7) is 10.1. The fourth-order valence-corrected chi connectivity index (χ4v) is 6.04. The summed E-state index contributed by atoms with van der Waals surface area (Å²) < 4.78 is 27.5. The van der Waals surface area contributed by atoms with Gasteiger partial charge in [-0.05, 0) is 68.9 Å². The number of H-pyrrole nitrogens is 1. The lowest BCUT2D eigenvalue weighted by Crippen LogP contribution is -2.42. The van der Waals surface area contributed by atoms with Gasteiger partial charge in [-0.1, -0.05) is 13.8 Å². The zero-order valence-corrected chi connectivity index (χ0v) is 18.9. The van der Waals surface area contributed by atoms with Crippen LogP contribution in [0.25, 0.3) is 0 Å². The first-order chi connectivity index (χ1) is 14.0. The van der Waals surface area contributed by atoms with Crippen molar-refractivity contribution in [3.8, 4) is 0 Å². The molecule has 1 aromatic carbocycles. The molecule has 0 saturated carbocycles. The summed E-state index contributed by atoms with van der Waals surface area (Å²) in [6, 6.07) is 6.20. The molecular formula is C22H29N3O4S. The predicted molar refractivity (Wildman–Crippen MR) is 116 cm³/mol. The minimum Gasteiger partial charge on any atom is -0.354 e. The largest absolute Gasteiger partial charge is 0.354 e. The van der Waals surface area contributed by atoms with E-state index >= 15 is 0 Å². The normalized spacial score (nSPS) is 20.2. The van der Waals surface area contributed by atoms with Crippen LogP contribution in [0.15, 0.2) is 29.2 Å². The Balaban J connectivity index is 1.77. The average Bonchev–Trinajstić information content (AvgIpc) is 2.96. The molecule has 1 aliphatic rings. The van der Waals surface area contributed by atoms with Gasteiger partial charge < -0.3 is 10.3 Å². The van der Waals surface area contributed by atoms with Gasteiger partial charge >= 0.3 is 0 Å². The second-order valence-electron chi connectivity index (χ2n) is 8.43. The van der Waals surface area contributed by atoms with Gasteiger partial charge in [-0.2, -0.15) is 4.31 Å². The Morgan fingerprint density at radius 2 is 1.63 bits per heavy atom. The van der Waals surface area contributed by atoms with Crippen molar-refractivity contribution in [2.75, 3.05) is 18.4 Å². The van der Waals surface area contributed by atoms with Crippen LogP contribution in [-0.2, 0) is 10.0 Å². The highest BCUT2D eigenvalue weighted by atomic mass is 32.2. The minimum absolute atomic E-state index is 0.101. The number of nitrogens with zero attached hydrogens (tertiary/aromatic N) is 1. The summed E-state index contributed by atoms with van der Waals surface area (Å²) in [6.07, 6.45) is 1.03. The third-order valence-corrected chi connectivity index (χ3v) is 7.45. The van der Waals surface area contributed by atoms with Crippen LogP contribution in [-0.4, -0.2) is 42.5 Å². The third kappa shape index (κ3) is 4.34. The van der Waals surface area contributed by atoms with E-state index in [0.717, 1.165) is 6.42 Å². The number of amides is 1. The molecule has 0 spiro atoms. The predicted octanol–water partition coefficient (Wildman–Crippen LogP) is 3.75. The molecule has 2 atom stereocenters. The smallest absolute Gasteiger partial charge is 0.272 e. The van der Waals surface area contributed by atoms with Crippen molar-refractivity contribution in [3.05, 3.63) is 46.8 Å². The Bertz CT molecular complexity index is 1060. The lowest BCUT2D eigenvalue weighted by atomic mass is 9.94. The van der Waals surface area contributed by atoms with Gasteiger partial charge in [-0.3, -0.25) is 9.59 Å². The van der Waals surface area contributed by atoms with Gasteiger partial charge in [0.2, 0.25) is 10.0 Å². The van der Waals surface area contributed by atoms with Crippen molar-refractivity contribution in [2.45, 2.75) is 45.9 Å². The van der Waals surface area contributed by atoms with E-state index in [1.54, 1.807) is 30.3 Å². The molecule has 0 radical (unpaired) electrons. The summed E-state index contributed by atoms with van der Waals surface area (Å²) >= 11 is 0. The Labute approximate surface area is 177 Å². The van der Waals surface area contributed by atoms with Crippen LogP contribution < -0.4 is 5.32 Å². The minimum atomic E-state index is -3.57. The van der Waals surface area contributed by atoms with Gasteiger partial charge in [-0.15, -0.1) is 0 Å². The molecule has 1 fully saturated rings. The van der Waals surface area contributed by atoms with Crippen molar-refractivity contribution in [2.24, 2.45) is 11.8 Å². The number of Topliss-reactive ketones (excluding diaryl/α,β-unsaturated/α-hetero) is 1. The summed E-state index contributed by atoms with van der Waals surface area (Å²) in [5, 5.41) is 2.76. The number of benzene rings is 1. The number of carbonyl (C=O) groups is 2. The van der Waals surface area contributed by atoms with E-state index in [-0.39, 0.29) is 16.6 Å². The lowest BCUT2D eigenvalue weighted by Gasteiger charge is -2.34. The zero-order valence-electron chi connectivity index (χ0n) is 18.1. The van der Waals surface area contributed by atoms with Crippen molar-refractivity contribution >= 4 is 27.4 Å². The first-order valence-electron chi connectivity index (χ1n) is 10.1. The molecule has 0 aliphatic carbocycles. The first kappa shape index (κ1) is 22.2. The molecule has 2 heterocycles. The number of anilines is 1. The van der Waals surface area contributed by atoms with Crippen LogP contribution in [0, 0.1) is 25.7 Å². The average molecular weight is 432 g/mol. The second-order valence-corrected chi connectivity index (χ2v) is 10.4. The Hall–Kier alpha value is -2.45. The summed E-state index contributed by atoms with van der Waals surface area (Å²) in [4.78, 5) is 27.6. The standard InChI is InChI=1S/C22H29N3O4S/c1-13-10-14(2)12-25(11-13)30(28,29)19-8-6-18(7-9-19)24-22(27)21-15(3)20(17(5)26)16(4)23-21/h6-9,13-14,23H,10-12H2,1-5H3,(H,24,27)/t13-,14+. The highest BCUT2D eigenvalue weighted by Gasteiger charge is 2.31. The zero-order chi connectivity index (χ0) is 22.2. The van der Waals surface area contributed by atoms with Gasteiger partial charge in [0, 0.05) is 30.0 Å². The van der Waals surface area contributed by atoms with Crippen molar-refractivity contribution in [3.63, 3.8) is 0 Å². The molecule has 7 nitrogen and oxygen atoms in total. The van der Waals surface area contributed by atoms with E-state index in [0.29, 0.717) is 53.1 Å². The molecular weight excluding hydrogens is 402 g/mol. The lowest BCUT2D eigenvalue weighted by molar-refractivity contribution is 0.101. The summed E-state index contributed by atoms with van der Waals surface area (Å²) in [5.41, 5.74) is 2.58. The first-order valence-corrected chi connectivity index (χ1v) is 11.6. The molecule has 1 aliphatic heterocycles. The molecule has 1 amide bonds. The maximum atomic E-state index is 13.0. The van der Waals surface area contributed by atoms with E-state index in [1.807, 2.05) is 0 Å². The quantitative estimate of drug-likeness (QED) is 0.704. The van der Waals surface area contributed by atoms with E-state index in [2.05, 4.69) is 24.1 Å². The van der Waals surface area contributed by atoms with Gasteiger partial charge in [0.05, 0.1) is 4.90 Å². The fraction of sp³-hybridized carbons (Fsp3) is 0.455. The second kappa shape index (κ2) is 8.35. The molecule has 8 heteroatoms. The highest BCUT2D eigenvalue weighted by molar-refractivity contribution is 7.89. The SMILES string of the molecule is CC(=O)c1c(C)[nH]c(C(=O)Nc2ccc(S(=O)(=O)N3C[C@H](C)C[C@H](C)C3)cc2)c1C. The fourth-order valence-electron chi connectivity index (χ4n) is 4.36. The number of aromatic amines is 1. The van der Waals surface area contributed by atoms with E-state index in [4.69, 9.17) is 0 Å². The number of aromatic nitrogens is 1. The number of hydrogen-bond acceptors (Lipinski definition) is 4. The molecule has 0 bridgehead atoms. The Morgan fingerprint density at radius 3 is 2.13 bits per heavy atom. The third-order valence-electron chi connectivity index (χ3n) is 5.60. The van der Waals surface area contributed by atoms with Crippen molar-refractivity contribution in [1.29, 1.82) is 0 Å². The number of aryl methyl sites for hydroxylation is 1. The number of piperidine rings is 1.